The van der Waals surface area contributed by atoms with Gasteiger partial charge in [-0.15, -0.1) is 0 Å². The number of H-pyrrole nitrogens is 1. The molecular weight excluding hydrogens is 1120 g/mol. The summed E-state index contributed by atoms with van der Waals surface area (Å²) in [6, 6.07) is 23.5. The Bertz CT molecular complexity index is 3460. The highest BCUT2D eigenvalue weighted by Gasteiger charge is 2.30. The Morgan fingerprint density at radius 2 is 1.11 bits per heavy atom. The van der Waals surface area contributed by atoms with E-state index in [0.717, 1.165) is 35.7 Å². The molecule has 7 aromatic rings. The number of likely N-dealkylation sites (tertiary alicyclic amines) is 2. The van der Waals surface area contributed by atoms with E-state index in [1.807, 2.05) is 93.9 Å². The number of hydrogen-bond donors (Lipinski definition) is 5. The fourth-order valence-corrected chi connectivity index (χ4v) is 11.2. The fourth-order valence-electron chi connectivity index (χ4n) is 9.46. The second-order valence-electron chi connectivity index (χ2n) is 21.9. The number of anilines is 2. The topological polar surface area (TPSA) is 248 Å². The second kappa shape index (κ2) is 28.7. The van der Waals surface area contributed by atoms with Gasteiger partial charge in [-0.2, -0.15) is 0 Å². The molecule has 2 saturated heterocycles. The van der Waals surface area contributed by atoms with Crippen molar-refractivity contribution in [2.45, 2.75) is 136 Å². The number of halogens is 2. The SMILES string of the molecule is C.C.CC(C)(C)OC(=O)NCCCCC(=O)N1CC[C@@H](Nc2ncc(Cl)c(-c3c[nH]c4ccccc34)n2)C1.CC(C)(C)OC(=O)NCCCCC(=O)N1CC[C@@H](Nc2ncc(Cl)c(-c3cn(S(=O)(=O)c4ccccc4)c4ccccc34)n2)C1. The fraction of sp³-hybridized carbons (Fsp3) is 0.433. The molecule has 0 unspecified atom stereocenters. The third-order valence-electron chi connectivity index (χ3n) is 13.3. The first-order valence-electron chi connectivity index (χ1n) is 27.2. The summed E-state index contributed by atoms with van der Waals surface area (Å²) in [6.07, 6.45) is 10.8. The standard InChI is InChI=1S/C32H37ClN6O5S.C26H33ClN6O3.2CH4/c1-32(2,3)44-31(41)34-17-10-9-15-28(40)38-18-16-22(20-38)36-30-35-19-26(33)29(37-30)25-21-39(27-14-8-7-13-24(25)27)45(42,43)23-11-5-4-6-12-23;1-26(2,3)36-25(35)28-12-7-6-10-22(34)33-13-11-17(16-33)31-24-30-15-20(27)23(32-24)19-14-29-21-9-5-4-8-18(19)21;;/h4-8,11-14,19,21-22H,9-10,15-18,20H2,1-3H3,(H,34,41)(H,35,36,37);4-5,8-9,14-15,17,29H,6-7,10-13,16H2,1-3H3,(H,28,35)(H,30,31,32);2*1H4/t22-;17-;;/m11../s1. The van der Waals surface area contributed by atoms with Crippen LogP contribution in [0.5, 0.6) is 0 Å². The summed E-state index contributed by atoms with van der Waals surface area (Å²) in [5.74, 6) is 1.01. The summed E-state index contributed by atoms with van der Waals surface area (Å²) in [6.45, 7) is 14.2. The van der Waals surface area contributed by atoms with Crippen LogP contribution in [0.1, 0.15) is 108 Å². The van der Waals surface area contributed by atoms with Gasteiger partial charge in [-0.25, -0.2) is 41.9 Å². The maximum absolute atomic E-state index is 13.6. The van der Waals surface area contributed by atoms with E-state index >= 15 is 0 Å². The van der Waals surface area contributed by atoms with Crippen LogP contribution in [0.25, 0.3) is 44.3 Å². The molecule has 0 radical (unpaired) electrons. The first-order valence-corrected chi connectivity index (χ1v) is 29.4. The molecule has 5 N–H and O–H groups in total. The van der Waals surface area contributed by atoms with Gasteiger partial charge >= 0.3 is 12.2 Å². The quantitative estimate of drug-likeness (QED) is 0.0502. The lowest BCUT2D eigenvalue weighted by Gasteiger charge is -2.20. The summed E-state index contributed by atoms with van der Waals surface area (Å²) in [5, 5.41) is 14.6. The number of unbranched alkanes of at least 4 members (excludes halogenated alkanes) is 2. The lowest BCUT2D eigenvalue weighted by Crippen LogP contribution is -2.33. The molecule has 9 rings (SSSR count). The van der Waals surface area contributed by atoms with Crippen LogP contribution in [0.4, 0.5) is 21.5 Å². The van der Waals surface area contributed by atoms with Crippen molar-refractivity contribution >= 4 is 90.9 Å². The first kappa shape index (κ1) is 64.7. The summed E-state index contributed by atoms with van der Waals surface area (Å²) in [4.78, 5) is 74.1. The minimum absolute atomic E-state index is 0. The van der Waals surface area contributed by atoms with Crippen molar-refractivity contribution in [3.05, 3.63) is 114 Å². The highest BCUT2D eigenvalue weighted by Crippen LogP contribution is 2.37. The Morgan fingerprint density at radius 3 is 1.63 bits per heavy atom. The Kier molecular flexibility index (Phi) is 22.3. The molecule has 2 aliphatic heterocycles. The molecule has 3 aromatic carbocycles. The summed E-state index contributed by atoms with van der Waals surface area (Å²) >= 11 is 13.0. The summed E-state index contributed by atoms with van der Waals surface area (Å²) in [5.41, 5.74) is 3.00. The number of aromatic amines is 1. The van der Waals surface area contributed by atoms with Gasteiger partial charge in [0.2, 0.25) is 23.7 Å². The van der Waals surface area contributed by atoms with E-state index in [4.69, 9.17) is 37.7 Å². The van der Waals surface area contributed by atoms with Crippen molar-refractivity contribution in [3.8, 4) is 22.5 Å². The number of benzene rings is 3. The highest BCUT2D eigenvalue weighted by molar-refractivity contribution is 7.90. The highest BCUT2D eigenvalue weighted by atomic mass is 35.5. The van der Waals surface area contributed by atoms with Gasteiger partial charge in [0.1, 0.15) is 11.2 Å². The molecule has 6 heterocycles. The predicted molar refractivity (Wildman–Crippen MR) is 328 cm³/mol. The Labute approximate surface area is 496 Å². The van der Waals surface area contributed by atoms with E-state index in [0.29, 0.717) is 116 Å². The van der Waals surface area contributed by atoms with Gasteiger partial charge < -0.3 is 45.5 Å². The molecule has 4 amide bonds. The Morgan fingerprint density at radius 1 is 0.639 bits per heavy atom. The molecule has 0 spiro atoms. The first-order chi connectivity index (χ1) is 38.6. The van der Waals surface area contributed by atoms with E-state index in [-0.39, 0.29) is 48.7 Å². The van der Waals surface area contributed by atoms with Gasteiger partial charge in [0.05, 0.1) is 44.2 Å². The van der Waals surface area contributed by atoms with Crippen LogP contribution < -0.4 is 21.3 Å². The van der Waals surface area contributed by atoms with Crippen LogP contribution in [-0.4, -0.2) is 134 Å². The summed E-state index contributed by atoms with van der Waals surface area (Å²) in [7, 11) is -3.88. The monoisotopic (exact) mass is 1200 g/mol. The van der Waals surface area contributed by atoms with Gasteiger partial charge in [0, 0.05) is 104 Å². The molecule has 0 aliphatic carbocycles. The number of nitrogens with one attached hydrogen (secondary N) is 5. The molecule has 2 atom stereocenters. The zero-order valence-electron chi connectivity index (χ0n) is 46.4. The van der Waals surface area contributed by atoms with Gasteiger partial charge in [0.25, 0.3) is 10.0 Å². The maximum atomic E-state index is 13.6. The molecule has 446 valence electrons. The van der Waals surface area contributed by atoms with Crippen LogP contribution in [0, 0.1) is 0 Å². The number of carbonyl (C=O) groups is 4. The number of carbonyl (C=O) groups excluding carboxylic acids is 4. The molecule has 4 aromatic heterocycles. The second-order valence-corrected chi connectivity index (χ2v) is 24.5. The number of ether oxygens (including phenoxy) is 2. The van der Waals surface area contributed by atoms with Crippen molar-refractivity contribution in [2.75, 3.05) is 49.9 Å². The van der Waals surface area contributed by atoms with E-state index in [1.165, 1.54) is 10.2 Å². The molecule has 0 bridgehead atoms. The number of hydrogen-bond acceptors (Lipinski definition) is 14. The Balaban J connectivity index is 0.000000266. The van der Waals surface area contributed by atoms with Crippen molar-refractivity contribution in [2.24, 2.45) is 0 Å². The zero-order valence-corrected chi connectivity index (χ0v) is 48.8. The van der Waals surface area contributed by atoms with E-state index in [9.17, 15) is 27.6 Å². The number of nitrogens with zero attached hydrogens (tertiary/aromatic N) is 7. The average molecular weight is 1200 g/mol. The van der Waals surface area contributed by atoms with E-state index in [2.05, 4.69) is 41.2 Å². The van der Waals surface area contributed by atoms with Crippen LogP contribution in [0.3, 0.4) is 0 Å². The molecule has 2 aliphatic rings. The van der Waals surface area contributed by atoms with Gasteiger partial charge in [-0.1, -0.05) is 92.7 Å². The third kappa shape index (κ3) is 17.5. The van der Waals surface area contributed by atoms with Crippen molar-refractivity contribution < 1.29 is 37.1 Å². The predicted octanol–water partition coefficient (Wildman–Crippen LogP) is 12.0. The number of fused-ring (bicyclic) bond motifs is 2. The van der Waals surface area contributed by atoms with Gasteiger partial charge in [0.15, 0.2) is 0 Å². The molecule has 0 saturated carbocycles. The van der Waals surface area contributed by atoms with Crippen molar-refractivity contribution in [1.29, 1.82) is 0 Å². The van der Waals surface area contributed by atoms with Gasteiger partial charge in [-0.3, -0.25) is 9.59 Å². The number of alkyl carbamates (subject to hydrolysis) is 2. The molecule has 83 heavy (non-hydrogen) atoms. The van der Waals surface area contributed by atoms with Crippen LogP contribution in [-0.2, 0) is 29.1 Å². The lowest BCUT2D eigenvalue weighted by molar-refractivity contribution is -0.131. The number of amides is 4. The Hall–Kier alpha value is -7.49. The number of para-hydroxylation sites is 2. The van der Waals surface area contributed by atoms with Crippen LogP contribution in [0.2, 0.25) is 10.0 Å². The molecule has 2 fully saturated rings. The lowest BCUT2D eigenvalue weighted by atomic mass is 10.1. The summed E-state index contributed by atoms with van der Waals surface area (Å²) < 4.78 is 38.8. The largest absolute Gasteiger partial charge is 0.444 e. The molecule has 20 nitrogen and oxygen atoms in total. The third-order valence-corrected chi connectivity index (χ3v) is 15.5. The minimum Gasteiger partial charge on any atom is -0.444 e. The molecular formula is C60H78Cl2N12O8S. The molecule has 23 heteroatoms. The van der Waals surface area contributed by atoms with Crippen molar-refractivity contribution in [3.63, 3.8) is 0 Å². The van der Waals surface area contributed by atoms with Gasteiger partial charge in [-0.05, 0) is 104 Å². The zero-order chi connectivity index (χ0) is 57.9. The van der Waals surface area contributed by atoms with E-state index in [1.54, 1.807) is 54.9 Å². The van der Waals surface area contributed by atoms with Crippen LogP contribution in [0.15, 0.2) is 109 Å². The number of rotatable bonds is 18. The average Bonchev–Trinajstić information content (AvgIpc) is 2.54. The normalized spacial score (nSPS) is 15.1. The maximum Gasteiger partial charge on any atom is 0.407 e. The number of aromatic nitrogens is 6. The van der Waals surface area contributed by atoms with E-state index < -0.39 is 33.4 Å². The van der Waals surface area contributed by atoms with Crippen molar-refractivity contribution in [1.82, 2.24) is 49.3 Å². The smallest absolute Gasteiger partial charge is 0.407 e. The van der Waals surface area contributed by atoms with Crippen LogP contribution >= 0.6 is 23.2 Å². The minimum atomic E-state index is -3.88.